The largest absolute Gasteiger partial charge is 2.00 e. The topological polar surface area (TPSA) is 68.2 Å². The van der Waals surface area contributed by atoms with Crippen molar-refractivity contribution in [3.05, 3.63) is 74.6 Å². The number of benzene rings is 1. The van der Waals surface area contributed by atoms with Gasteiger partial charge in [-0.2, -0.15) is 18.1 Å². The summed E-state index contributed by atoms with van der Waals surface area (Å²) in [7, 11) is 0. The number of aromatic nitrogens is 1. The molecule has 196 valence electrons. The zero-order chi connectivity index (χ0) is 23.0. The molecule has 0 bridgehead atoms. The molecule has 7 nitrogen and oxygen atoms in total. The molecule has 0 saturated carbocycles. The summed E-state index contributed by atoms with van der Waals surface area (Å²) in [5.41, 5.74) is 4.67. The Hall–Kier alpha value is -0.926. The molecule has 1 saturated heterocycles. The number of ether oxygens (including phenoxy) is 3. The van der Waals surface area contributed by atoms with Gasteiger partial charge in [-0.25, -0.2) is 11.1 Å². The van der Waals surface area contributed by atoms with Crippen LogP contribution in [0.5, 0.6) is 11.5 Å². The maximum Gasteiger partial charge on any atom is 2.00 e. The van der Waals surface area contributed by atoms with Crippen LogP contribution in [0.15, 0.2) is 29.4 Å². The van der Waals surface area contributed by atoms with Gasteiger partial charge in [-0.1, -0.05) is 19.1 Å². The zero-order valence-electron chi connectivity index (χ0n) is 22.5. The summed E-state index contributed by atoms with van der Waals surface area (Å²) in [6.45, 7) is 13.4. The van der Waals surface area contributed by atoms with Crippen molar-refractivity contribution < 1.29 is 76.4 Å². The maximum atomic E-state index is 6.20. The van der Waals surface area contributed by atoms with Gasteiger partial charge in [0.15, 0.2) is 0 Å². The van der Waals surface area contributed by atoms with E-state index in [2.05, 4.69) is 40.1 Å². The first-order valence-electron chi connectivity index (χ1n) is 11.5. The fraction of sp³-hybridized carbons (Fsp3) is 0.393. The molecule has 1 unspecified atom stereocenters. The number of anilines is 1. The van der Waals surface area contributed by atoms with Crippen molar-refractivity contribution >= 4 is 18.1 Å². The van der Waals surface area contributed by atoms with Crippen molar-refractivity contribution in [3.8, 4) is 11.5 Å². The average molecular weight is 955 g/mol. The van der Waals surface area contributed by atoms with Gasteiger partial charge in [0.1, 0.15) is 5.75 Å². The Balaban J connectivity index is 0.00000324. The van der Waals surface area contributed by atoms with Crippen LogP contribution in [0.1, 0.15) is 48.9 Å². The van der Waals surface area contributed by atoms with Crippen molar-refractivity contribution in [2.24, 2.45) is 4.99 Å². The van der Waals surface area contributed by atoms with E-state index in [0.717, 1.165) is 79.5 Å². The van der Waals surface area contributed by atoms with E-state index in [1.54, 1.807) is 12.5 Å². The normalized spacial score (nSPS) is 16.2. The average Bonchev–Trinajstić information content (AvgIpc) is 2.83. The van der Waals surface area contributed by atoms with Crippen LogP contribution in [0.4, 0.5) is 5.69 Å². The molecule has 1 N–H and O–H groups in total. The minimum Gasteiger partial charge on any atom is -0.550 e. The molecular weight excluding hydrogens is 916 g/mol. The van der Waals surface area contributed by atoms with Crippen molar-refractivity contribution in [1.82, 2.24) is 9.88 Å². The van der Waals surface area contributed by atoms with E-state index in [1.807, 2.05) is 31.2 Å². The zero-order valence-corrected chi connectivity index (χ0v) is 30.8. The molecule has 1 aromatic carbocycles. The van der Waals surface area contributed by atoms with Crippen molar-refractivity contribution in [2.45, 2.75) is 32.9 Å². The molecular formula is C28H38N4O3U2. The SMILES string of the molecule is [CH2-]c1cc2c(cc1OCCCN1CCOCC1)NC=NC2Oc1cnc(CC)c(C=[C-]C)c1.[CH3-].[CH3-].[U+2].[U+2]. The number of nitrogens with one attached hydrogen (secondary N) is 1. The third-order valence-electron chi connectivity index (χ3n) is 5.77. The number of morpholine rings is 1. The Bertz CT molecular complexity index is 1010. The van der Waals surface area contributed by atoms with Crippen molar-refractivity contribution in [2.75, 3.05) is 44.8 Å². The van der Waals surface area contributed by atoms with E-state index in [0.29, 0.717) is 12.4 Å². The summed E-state index contributed by atoms with van der Waals surface area (Å²) in [6.07, 6.45) is 9.74. The van der Waals surface area contributed by atoms with E-state index in [-0.39, 0.29) is 77.1 Å². The van der Waals surface area contributed by atoms with Gasteiger partial charge in [0.05, 0.1) is 32.4 Å². The first-order valence-corrected chi connectivity index (χ1v) is 11.5. The number of pyridine rings is 1. The van der Waals surface area contributed by atoms with Gasteiger partial charge in [-0.05, 0) is 24.1 Å². The number of nitrogens with zero attached hydrogens (tertiary/aromatic N) is 3. The number of hydrogen-bond acceptors (Lipinski definition) is 7. The molecule has 2 aliphatic heterocycles. The summed E-state index contributed by atoms with van der Waals surface area (Å²) in [4.78, 5) is 11.4. The van der Waals surface area contributed by atoms with E-state index < -0.39 is 6.23 Å². The van der Waals surface area contributed by atoms with Crippen molar-refractivity contribution in [3.63, 3.8) is 0 Å². The second-order valence-electron chi connectivity index (χ2n) is 8.09. The first-order chi connectivity index (χ1) is 16.2. The predicted molar refractivity (Wildman–Crippen MR) is 144 cm³/mol. The van der Waals surface area contributed by atoms with E-state index in [4.69, 9.17) is 14.2 Å². The third kappa shape index (κ3) is 9.96. The molecule has 3 heterocycles. The Morgan fingerprint density at radius 2 is 1.97 bits per heavy atom. The summed E-state index contributed by atoms with van der Waals surface area (Å²) in [5, 5.41) is 3.20. The maximum absolute atomic E-state index is 6.20. The van der Waals surface area contributed by atoms with Gasteiger partial charge in [-0.3, -0.25) is 16.0 Å². The smallest absolute Gasteiger partial charge is 0.550 e. The predicted octanol–water partition coefficient (Wildman–Crippen LogP) is 5.20. The molecule has 1 aromatic heterocycles. The Kier molecular flexibility index (Phi) is 17.9. The van der Waals surface area contributed by atoms with Crippen LogP contribution in [0, 0.1) is 90.1 Å². The van der Waals surface area contributed by atoms with Crippen LogP contribution >= 0.6 is 0 Å². The van der Waals surface area contributed by atoms with Gasteiger partial charge in [0.25, 0.3) is 0 Å². The Morgan fingerprint density at radius 1 is 1.22 bits per heavy atom. The second-order valence-corrected chi connectivity index (χ2v) is 8.09. The van der Waals surface area contributed by atoms with Crippen LogP contribution in [-0.4, -0.2) is 55.7 Å². The molecule has 0 radical (unpaired) electrons. The number of aliphatic imine (C=N–C) groups is 1. The van der Waals surface area contributed by atoms with Gasteiger partial charge >= 0.3 is 62.2 Å². The number of rotatable bonds is 9. The van der Waals surface area contributed by atoms with E-state index >= 15 is 0 Å². The third-order valence-corrected chi connectivity index (χ3v) is 5.77. The molecule has 2 aromatic rings. The number of allylic oxidation sites excluding steroid dienone is 1. The summed E-state index contributed by atoms with van der Waals surface area (Å²) in [5.74, 6) is 1.44. The molecule has 1 atom stereocenters. The van der Waals surface area contributed by atoms with Gasteiger partial charge in [0, 0.05) is 31.1 Å². The summed E-state index contributed by atoms with van der Waals surface area (Å²) >= 11 is 0. The second kappa shape index (κ2) is 18.4. The van der Waals surface area contributed by atoms with Crippen LogP contribution in [0.3, 0.4) is 0 Å². The molecule has 0 amide bonds. The molecule has 0 aliphatic carbocycles. The van der Waals surface area contributed by atoms with Gasteiger partial charge in [-0.15, -0.1) is 13.0 Å². The first kappa shape index (κ1) is 36.1. The van der Waals surface area contributed by atoms with Crippen molar-refractivity contribution in [1.29, 1.82) is 0 Å². The molecule has 0 spiro atoms. The molecule has 1 fully saturated rings. The minimum atomic E-state index is -0.478. The molecule has 2 aliphatic rings. The van der Waals surface area contributed by atoms with Gasteiger partial charge < -0.3 is 34.4 Å². The number of aryl methyl sites for hydroxylation is 1. The van der Waals surface area contributed by atoms with Crippen LogP contribution in [0.25, 0.3) is 6.08 Å². The quantitative estimate of drug-likeness (QED) is 0.276. The Labute approximate surface area is 271 Å². The van der Waals surface area contributed by atoms with E-state index in [1.165, 1.54) is 0 Å². The van der Waals surface area contributed by atoms with Crippen LogP contribution in [-0.2, 0) is 11.2 Å². The molecule has 37 heavy (non-hydrogen) atoms. The molecule has 4 rings (SSSR count). The van der Waals surface area contributed by atoms with Crippen LogP contribution < -0.4 is 14.8 Å². The summed E-state index contributed by atoms with van der Waals surface area (Å²) in [6, 6.07) is 5.94. The number of hydrogen-bond donors (Lipinski definition) is 1. The van der Waals surface area contributed by atoms with Gasteiger partial charge in [0.2, 0.25) is 6.23 Å². The fourth-order valence-corrected chi connectivity index (χ4v) is 4.01. The summed E-state index contributed by atoms with van der Waals surface area (Å²) < 4.78 is 17.6. The monoisotopic (exact) mass is 954 g/mol. The minimum absolute atomic E-state index is 0. The van der Waals surface area contributed by atoms with E-state index in [9.17, 15) is 0 Å². The molecule has 9 heteroatoms. The standard InChI is InChI=1S/C26H32N4O3.2CH3.2U/c1-4-7-20-15-21(17-27-23(20)5-2)33-26-22-14-19(3)25(16-24(22)28-18-29-26)32-11-6-8-30-9-12-31-13-10-30;;;;/h7,14-18,26H,3,5-6,8-13H2,1-2H3,(H,28,29);2*1H3;;/q-2;2*-1;2*+2. The Morgan fingerprint density at radius 3 is 2.68 bits per heavy atom. The number of fused-ring (bicyclic) bond motifs is 1. The van der Waals surface area contributed by atoms with Crippen LogP contribution in [0.2, 0.25) is 0 Å². The fourth-order valence-electron chi connectivity index (χ4n) is 4.01.